The Hall–Kier alpha value is -2.23. The van der Waals surface area contributed by atoms with Crippen LogP contribution in [0.2, 0.25) is 0 Å². The topological polar surface area (TPSA) is 58.4 Å². The number of para-hydroxylation sites is 1. The number of hydrogen-bond donors (Lipinski definition) is 1. The van der Waals surface area contributed by atoms with Crippen molar-refractivity contribution in [2.24, 2.45) is 4.99 Å². The molecule has 4 nitrogen and oxygen atoms in total. The predicted octanol–water partition coefficient (Wildman–Crippen LogP) is 2.24. The Kier molecular flexibility index (Phi) is 2.91. The minimum absolute atomic E-state index is 0.238. The summed E-state index contributed by atoms with van der Waals surface area (Å²) in [4.78, 5) is 12.0. The monoisotopic (exact) mass is 213 g/mol. The van der Waals surface area contributed by atoms with Crippen molar-refractivity contribution in [1.82, 2.24) is 9.97 Å². The van der Waals surface area contributed by atoms with Crippen LogP contribution in [-0.4, -0.2) is 21.3 Å². The van der Waals surface area contributed by atoms with Crippen molar-refractivity contribution in [3.8, 4) is 5.75 Å². The van der Waals surface area contributed by atoms with E-state index in [1.165, 1.54) is 0 Å². The van der Waals surface area contributed by atoms with Crippen molar-refractivity contribution in [3.63, 3.8) is 0 Å². The van der Waals surface area contributed by atoms with Crippen LogP contribution in [0, 0.1) is 6.92 Å². The van der Waals surface area contributed by atoms with Gasteiger partial charge in [0.1, 0.15) is 5.75 Å². The highest BCUT2D eigenvalue weighted by molar-refractivity contribution is 5.85. The Balaban J connectivity index is 2.28. The van der Waals surface area contributed by atoms with Gasteiger partial charge in [0.2, 0.25) is 5.95 Å². The van der Waals surface area contributed by atoms with Gasteiger partial charge in [0, 0.05) is 24.2 Å². The van der Waals surface area contributed by atoms with E-state index in [0.717, 1.165) is 5.56 Å². The highest BCUT2D eigenvalue weighted by Gasteiger charge is 2.00. The molecule has 2 aromatic rings. The molecule has 0 aliphatic rings. The Morgan fingerprint density at radius 2 is 1.94 bits per heavy atom. The number of aromatic nitrogens is 2. The molecule has 0 spiro atoms. The molecule has 0 aliphatic heterocycles. The van der Waals surface area contributed by atoms with Crippen LogP contribution in [0.3, 0.4) is 0 Å². The summed E-state index contributed by atoms with van der Waals surface area (Å²) in [6.45, 7) is 1.84. The Morgan fingerprint density at radius 1 is 1.19 bits per heavy atom. The smallest absolute Gasteiger partial charge is 0.249 e. The highest BCUT2D eigenvalue weighted by Crippen LogP contribution is 2.19. The summed E-state index contributed by atoms with van der Waals surface area (Å²) in [5.41, 5.74) is 1.48. The number of hydrogen-bond acceptors (Lipinski definition) is 4. The molecule has 0 aliphatic carbocycles. The third-order valence-electron chi connectivity index (χ3n) is 2.14. The molecule has 1 heterocycles. The lowest BCUT2D eigenvalue weighted by molar-refractivity contribution is 0.470. The lowest BCUT2D eigenvalue weighted by Gasteiger charge is -2.00. The maximum atomic E-state index is 9.74. The van der Waals surface area contributed by atoms with E-state index in [9.17, 15) is 5.11 Å². The molecule has 1 N–H and O–H groups in total. The first-order valence-electron chi connectivity index (χ1n) is 4.87. The van der Waals surface area contributed by atoms with Gasteiger partial charge in [-0.2, -0.15) is 0 Å². The normalized spacial score (nSPS) is 10.8. The zero-order chi connectivity index (χ0) is 11.4. The Bertz CT molecular complexity index is 509. The second kappa shape index (κ2) is 4.53. The molecule has 4 heteroatoms. The van der Waals surface area contributed by atoms with Gasteiger partial charge in [-0.3, -0.25) is 0 Å². The van der Waals surface area contributed by atoms with E-state index in [1.807, 2.05) is 19.1 Å². The lowest BCUT2D eigenvalue weighted by Crippen LogP contribution is -1.86. The van der Waals surface area contributed by atoms with Gasteiger partial charge in [0.15, 0.2) is 0 Å². The number of aromatic hydroxyl groups is 1. The average molecular weight is 213 g/mol. The summed E-state index contributed by atoms with van der Waals surface area (Å²) in [5.74, 6) is 0.616. The summed E-state index contributed by atoms with van der Waals surface area (Å²) in [6, 6.07) is 7.21. The quantitative estimate of drug-likeness (QED) is 0.778. The minimum Gasteiger partial charge on any atom is -0.507 e. The van der Waals surface area contributed by atoms with Gasteiger partial charge in [-0.1, -0.05) is 12.1 Å². The fourth-order valence-corrected chi connectivity index (χ4v) is 1.27. The molecule has 1 aromatic carbocycles. The number of phenols is 1. The molecule has 0 saturated carbocycles. The van der Waals surface area contributed by atoms with Crippen molar-refractivity contribution in [1.29, 1.82) is 0 Å². The fourth-order valence-electron chi connectivity index (χ4n) is 1.27. The van der Waals surface area contributed by atoms with Crippen LogP contribution in [0.4, 0.5) is 5.95 Å². The SMILES string of the molecule is Cc1cccc(/C=N/c2ncccn2)c1O. The molecular weight excluding hydrogens is 202 g/mol. The molecule has 0 bridgehead atoms. The third-order valence-corrected chi connectivity index (χ3v) is 2.14. The van der Waals surface area contributed by atoms with E-state index in [4.69, 9.17) is 0 Å². The number of phenolic OH excluding ortho intramolecular Hbond substituents is 1. The fraction of sp³-hybridized carbons (Fsp3) is 0.0833. The van der Waals surface area contributed by atoms with Gasteiger partial charge in [0.25, 0.3) is 0 Å². The van der Waals surface area contributed by atoms with E-state index in [0.29, 0.717) is 11.5 Å². The van der Waals surface area contributed by atoms with Crippen LogP contribution < -0.4 is 0 Å². The van der Waals surface area contributed by atoms with E-state index in [1.54, 1.807) is 30.7 Å². The first kappa shape index (κ1) is 10.3. The number of aliphatic imine (C=N–C) groups is 1. The van der Waals surface area contributed by atoms with Crippen molar-refractivity contribution >= 4 is 12.2 Å². The molecule has 0 unspecified atom stereocenters. The molecular formula is C12H11N3O. The number of benzene rings is 1. The zero-order valence-electron chi connectivity index (χ0n) is 8.83. The predicted molar refractivity (Wildman–Crippen MR) is 62.1 cm³/mol. The molecule has 0 amide bonds. The summed E-state index contributed by atoms with van der Waals surface area (Å²) in [7, 11) is 0. The van der Waals surface area contributed by atoms with Crippen LogP contribution in [0.1, 0.15) is 11.1 Å². The van der Waals surface area contributed by atoms with Crippen LogP contribution in [0.5, 0.6) is 5.75 Å². The maximum Gasteiger partial charge on any atom is 0.249 e. The van der Waals surface area contributed by atoms with Crippen molar-refractivity contribution in [2.45, 2.75) is 6.92 Å². The Labute approximate surface area is 93.3 Å². The Morgan fingerprint density at radius 3 is 2.69 bits per heavy atom. The standard InChI is InChI=1S/C12H11N3O/c1-9-4-2-5-10(11(9)16)8-15-12-13-6-3-7-14-12/h2-8,16H,1H3/b15-8+. The van der Waals surface area contributed by atoms with Gasteiger partial charge < -0.3 is 5.11 Å². The zero-order valence-corrected chi connectivity index (χ0v) is 8.83. The van der Waals surface area contributed by atoms with E-state index < -0.39 is 0 Å². The first-order chi connectivity index (χ1) is 7.77. The molecule has 1 aromatic heterocycles. The molecule has 16 heavy (non-hydrogen) atoms. The van der Waals surface area contributed by atoms with Gasteiger partial charge in [0.05, 0.1) is 0 Å². The van der Waals surface area contributed by atoms with Gasteiger partial charge >= 0.3 is 0 Å². The van der Waals surface area contributed by atoms with Crippen LogP contribution in [-0.2, 0) is 0 Å². The van der Waals surface area contributed by atoms with E-state index in [2.05, 4.69) is 15.0 Å². The second-order valence-corrected chi connectivity index (χ2v) is 3.32. The van der Waals surface area contributed by atoms with Crippen LogP contribution >= 0.6 is 0 Å². The third kappa shape index (κ3) is 2.23. The number of aryl methyl sites for hydroxylation is 1. The largest absolute Gasteiger partial charge is 0.507 e. The van der Waals surface area contributed by atoms with Crippen molar-refractivity contribution < 1.29 is 5.11 Å². The average Bonchev–Trinajstić information content (AvgIpc) is 2.32. The molecule has 0 atom stereocenters. The van der Waals surface area contributed by atoms with Crippen molar-refractivity contribution in [2.75, 3.05) is 0 Å². The summed E-state index contributed by atoms with van der Waals surface area (Å²) in [6.07, 6.45) is 4.79. The van der Waals surface area contributed by atoms with Gasteiger partial charge in [-0.15, -0.1) is 0 Å². The van der Waals surface area contributed by atoms with E-state index in [-0.39, 0.29) is 5.75 Å². The summed E-state index contributed by atoms with van der Waals surface area (Å²) >= 11 is 0. The maximum absolute atomic E-state index is 9.74. The van der Waals surface area contributed by atoms with Gasteiger partial charge in [-0.25, -0.2) is 15.0 Å². The highest BCUT2D eigenvalue weighted by atomic mass is 16.3. The molecule has 80 valence electrons. The first-order valence-corrected chi connectivity index (χ1v) is 4.87. The summed E-state index contributed by atoms with van der Waals surface area (Å²) < 4.78 is 0. The number of nitrogens with zero attached hydrogens (tertiary/aromatic N) is 3. The van der Waals surface area contributed by atoms with E-state index >= 15 is 0 Å². The molecule has 2 rings (SSSR count). The van der Waals surface area contributed by atoms with Crippen LogP contribution in [0.25, 0.3) is 0 Å². The van der Waals surface area contributed by atoms with Crippen LogP contribution in [0.15, 0.2) is 41.7 Å². The molecule has 0 fully saturated rings. The summed E-state index contributed by atoms with van der Waals surface area (Å²) in [5, 5.41) is 9.74. The molecule has 0 radical (unpaired) electrons. The lowest BCUT2D eigenvalue weighted by atomic mass is 10.1. The molecule has 0 saturated heterocycles. The van der Waals surface area contributed by atoms with Crippen molar-refractivity contribution in [3.05, 3.63) is 47.8 Å². The van der Waals surface area contributed by atoms with Gasteiger partial charge in [-0.05, 0) is 24.6 Å². The minimum atomic E-state index is 0.238. The second-order valence-electron chi connectivity index (χ2n) is 3.32. The number of rotatable bonds is 2.